The summed E-state index contributed by atoms with van der Waals surface area (Å²) in [5.41, 5.74) is 13.3. The number of aromatic nitrogens is 1. The number of amides is 1. The molecule has 0 aliphatic rings. The number of nitrogens with zero attached hydrogens (tertiary/aromatic N) is 2. The zero-order chi connectivity index (χ0) is 14.5. The van der Waals surface area contributed by atoms with Crippen LogP contribution < -0.4 is 16.8 Å². The van der Waals surface area contributed by atoms with Crippen molar-refractivity contribution < 1.29 is 4.79 Å². The highest BCUT2D eigenvalue weighted by Crippen LogP contribution is 2.19. The summed E-state index contributed by atoms with van der Waals surface area (Å²) in [5, 5.41) is 5.21. The third-order valence-electron chi connectivity index (χ3n) is 2.41. The van der Waals surface area contributed by atoms with Gasteiger partial charge >= 0.3 is 0 Å². The SMILES string of the molecule is CC(=O)Nc1nc(Cc2ccc(N=C(N)N)cc2)cs1. The summed E-state index contributed by atoms with van der Waals surface area (Å²) in [6, 6.07) is 7.57. The van der Waals surface area contributed by atoms with Gasteiger partial charge in [0, 0.05) is 18.7 Å². The molecule has 104 valence electrons. The zero-order valence-corrected chi connectivity index (χ0v) is 11.8. The molecular formula is C13H15N5OS. The van der Waals surface area contributed by atoms with Gasteiger partial charge in [-0.15, -0.1) is 11.3 Å². The van der Waals surface area contributed by atoms with E-state index in [1.54, 1.807) is 0 Å². The largest absolute Gasteiger partial charge is 0.370 e. The molecule has 0 spiro atoms. The van der Waals surface area contributed by atoms with Crippen molar-refractivity contribution in [1.82, 2.24) is 4.98 Å². The van der Waals surface area contributed by atoms with Crippen LogP contribution in [0.1, 0.15) is 18.2 Å². The van der Waals surface area contributed by atoms with Crippen LogP contribution in [0.2, 0.25) is 0 Å². The second-order valence-electron chi connectivity index (χ2n) is 4.21. The maximum absolute atomic E-state index is 10.9. The first-order valence-electron chi connectivity index (χ1n) is 5.93. The highest BCUT2D eigenvalue weighted by Gasteiger charge is 2.04. The van der Waals surface area contributed by atoms with Crippen LogP contribution in [0.4, 0.5) is 10.8 Å². The number of guanidine groups is 1. The molecule has 0 radical (unpaired) electrons. The monoisotopic (exact) mass is 289 g/mol. The predicted octanol–water partition coefficient (Wildman–Crippen LogP) is 1.60. The Morgan fingerprint density at radius 2 is 2.05 bits per heavy atom. The Morgan fingerprint density at radius 1 is 1.35 bits per heavy atom. The number of thiazole rings is 1. The minimum Gasteiger partial charge on any atom is -0.370 e. The highest BCUT2D eigenvalue weighted by molar-refractivity contribution is 7.13. The van der Waals surface area contributed by atoms with Gasteiger partial charge in [-0.2, -0.15) is 0 Å². The second kappa shape index (κ2) is 6.16. The normalized spacial score (nSPS) is 10.1. The average Bonchev–Trinajstić information content (AvgIpc) is 2.77. The number of carbonyl (C=O) groups excluding carboxylic acids is 1. The molecule has 0 aliphatic heterocycles. The fourth-order valence-corrected chi connectivity index (χ4v) is 2.40. The average molecular weight is 289 g/mol. The molecule has 0 fully saturated rings. The summed E-state index contributed by atoms with van der Waals surface area (Å²) in [4.78, 5) is 19.2. The Labute approximate surface area is 120 Å². The quantitative estimate of drug-likeness (QED) is 0.587. The van der Waals surface area contributed by atoms with Crippen molar-refractivity contribution >= 4 is 34.0 Å². The number of nitrogens with two attached hydrogens (primary N) is 2. The molecule has 1 aromatic heterocycles. The number of anilines is 1. The first-order valence-corrected chi connectivity index (χ1v) is 6.81. The molecule has 1 amide bonds. The molecule has 1 aromatic carbocycles. The lowest BCUT2D eigenvalue weighted by molar-refractivity contribution is -0.114. The lowest BCUT2D eigenvalue weighted by atomic mass is 10.1. The van der Waals surface area contributed by atoms with Crippen molar-refractivity contribution in [3.05, 3.63) is 40.9 Å². The van der Waals surface area contributed by atoms with Crippen LogP contribution >= 0.6 is 11.3 Å². The molecule has 2 rings (SSSR count). The van der Waals surface area contributed by atoms with E-state index in [0.717, 1.165) is 11.3 Å². The number of hydrogen-bond donors (Lipinski definition) is 3. The van der Waals surface area contributed by atoms with Crippen molar-refractivity contribution in [1.29, 1.82) is 0 Å². The fraction of sp³-hybridized carbons (Fsp3) is 0.154. The van der Waals surface area contributed by atoms with E-state index >= 15 is 0 Å². The standard InChI is InChI=1S/C13H15N5OS/c1-8(19)16-13-18-11(7-20-13)6-9-2-4-10(5-3-9)17-12(14)15/h2-5,7H,6H2,1H3,(H4,14,15,17)(H,16,18,19). The Kier molecular flexibility index (Phi) is 4.31. The van der Waals surface area contributed by atoms with E-state index in [2.05, 4.69) is 15.3 Å². The zero-order valence-electron chi connectivity index (χ0n) is 11.0. The Balaban J connectivity index is 2.04. The number of hydrogen-bond acceptors (Lipinski definition) is 4. The van der Waals surface area contributed by atoms with E-state index in [1.807, 2.05) is 29.6 Å². The van der Waals surface area contributed by atoms with Gasteiger partial charge < -0.3 is 16.8 Å². The van der Waals surface area contributed by atoms with Crippen molar-refractivity contribution in [2.24, 2.45) is 16.5 Å². The van der Waals surface area contributed by atoms with E-state index in [-0.39, 0.29) is 11.9 Å². The molecule has 0 atom stereocenters. The molecule has 0 saturated heterocycles. The maximum Gasteiger partial charge on any atom is 0.223 e. The lowest BCUT2D eigenvalue weighted by Crippen LogP contribution is -2.21. The van der Waals surface area contributed by atoms with E-state index in [4.69, 9.17) is 11.5 Å². The molecule has 0 bridgehead atoms. The minimum atomic E-state index is -0.118. The second-order valence-corrected chi connectivity index (χ2v) is 5.06. The number of nitrogens with one attached hydrogen (secondary N) is 1. The van der Waals surface area contributed by atoms with E-state index < -0.39 is 0 Å². The van der Waals surface area contributed by atoms with Gasteiger partial charge in [0.1, 0.15) is 0 Å². The summed E-state index contributed by atoms with van der Waals surface area (Å²) in [6.45, 7) is 1.46. The Morgan fingerprint density at radius 3 is 2.65 bits per heavy atom. The Bertz CT molecular complexity index is 628. The fourth-order valence-electron chi connectivity index (χ4n) is 1.64. The number of rotatable bonds is 4. The number of aliphatic imine (C=N–C) groups is 1. The molecule has 2 aromatic rings. The maximum atomic E-state index is 10.9. The molecule has 7 heteroatoms. The van der Waals surface area contributed by atoms with Crippen molar-refractivity contribution in [3.8, 4) is 0 Å². The molecule has 6 nitrogen and oxygen atoms in total. The molecule has 0 aliphatic carbocycles. The topological polar surface area (TPSA) is 106 Å². The molecule has 1 heterocycles. The minimum absolute atomic E-state index is 0.0391. The van der Waals surface area contributed by atoms with E-state index in [0.29, 0.717) is 17.2 Å². The van der Waals surface area contributed by atoms with Gasteiger partial charge in [-0.1, -0.05) is 12.1 Å². The van der Waals surface area contributed by atoms with E-state index in [9.17, 15) is 4.79 Å². The number of benzene rings is 1. The van der Waals surface area contributed by atoms with E-state index in [1.165, 1.54) is 18.3 Å². The first-order chi connectivity index (χ1) is 9.52. The van der Waals surface area contributed by atoms with Crippen LogP contribution in [0.5, 0.6) is 0 Å². The van der Waals surface area contributed by atoms with Crippen LogP contribution in [0.3, 0.4) is 0 Å². The van der Waals surface area contributed by atoms with Crippen LogP contribution in [0.25, 0.3) is 0 Å². The van der Waals surface area contributed by atoms with Gasteiger partial charge in [0.15, 0.2) is 11.1 Å². The lowest BCUT2D eigenvalue weighted by Gasteiger charge is -2.00. The van der Waals surface area contributed by atoms with Gasteiger partial charge in [-0.3, -0.25) is 4.79 Å². The van der Waals surface area contributed by atoms with Crippen LogP contribution in [0, 0.1) is 0 Å². The summed E-state index contributed by atoms with van der Waals surface area (Å²) in [6.07, 6.45) is 0.693. The van der Waals surface area contributed by atoms with Crippen molar-refractivity contribution in [2.75, 3.05) is 5.32 Å². The summed E-state index contributed by atoms with van der Waals surface area (Å²) >= 11 is 1.41. The van der Waals surface area contributed by atoms with Crippen molar-refractivity contribution in [2.45, 2.75) is 13.3 Å². The van der Waals surface area contributed by atoms with Crippen LogP contribution in [0.15, 0.2) is 34.6 Å². The molecule has 20 heavy (non-hydrogen) atoms. The molecule has 5 N–H and O–H groups in total. The molecule has 0 saturated carbocycles. The summed E-state index contributed by atoms with van der Waals surface area (Å²) in [5.74, 6) is -0.0790. The van der Waals surface area contributed by atoms with Crippen LogP contribution in [-0.2, 0) is 11.2 Å². The van der Waals surface area contributed by atoms with Gasteiger partial charge in [-0.25, -0.2) is 9.98 Å². The summed E-state index contributed by atoms with van der Waals surface area (Å²) in [7, 11) is 0. The third-order valence-corrected chi connectivity index (χ3v) is 3.22. The summed E-state index contributed by atoms with van der Waals surface area (Å²) < 4.78 is 0. The number of carbonyl (C=O) groups is 1. The van der Waals surface area contributed by atoms with Crippen molar-refractivity contribution in [3.63, 3.8) is 0 Å². The van der Waals surface area contributed by atoms with Gasteiger partial charge in [0.05, 0.1) is 11.4 Å². The van der Waals surface area contributed by atoms with Crippen LogP contribution in [-0.4, -0.2) is 16.9 Å². The third kappa shape index (κ3) is 4.06. The molecular weight excluding hydrogens is 274 g/mol. The van der Waals surface area contributed by atoms with Gasteiger partial charge in [0.2, 0.25) is 5.91 Å². The van der Waals surface area contributed by atoms with Gasteiger partial charge in [0.25, 0.3) is 0 Å². The first kappa shape index (κ1) is 14.0. The molecule has 0 unspecified atom stereocenters. The predicted molar refractivity (Wildman–Crippen MR) is 81.1 cm³/mol. The highest BCUT2D eigenvalue weighted by atomic mass is 32.1. The Hall–Kier alpha value is -2.41. The smallest absolute Gasteiger partial charge is 0.223 e. The van der Waals surface area contributed by atoms with Gasteiger partial charge in [-0.05, 0) is 17.7 Å².